The van der Waals surface area contributed by atoms with Gasteiger partial charge in [0.05, 0.1) is 28.4 Å². The largest absolute Gasteiger partial charge is 0.489 e. The molecule has 6 nitrogen and oxygen atoms in total. The van der Waals surface area contributed by atoms with Crippen LogP contribution in [0.3, 0.4) is 0 Å². The minimum atomic E-state index is -0.266. The summed E-state index contributed by atoms with van der Waals surface area (Å²) < 4.78 is 12.0. The molecule has 0 spiro atoms. The van der Waals surface area contributed by atoms with Gasteiger partial charge in [0.15, 0.2) is 17.2 Å². The van der Waals surface area contributed by atoms with Crippen LogP contribution in [0.2, 0.25) is 5.02 Å². The van der Waals surface area contributed by atoms with Crippen LogP contribution >= 0.6 is 27.5 Å². The molecule has 0 radical (unpaired) electrons. The maximum absolute atomic E-state index is 12.4. The average molecular weight is 429 g/mol. The Kier molecular flexibility index (Phi) is 5.54. The van der Waals surface area contributed by atoms with Crippen molar-refractivity contribution in [1.82, 2.24) is 15.5 Å². The molecule has 2 N–H and O–H groups in total. The van der Waals surface area contributed by atoms with Crippen LogP contribution in [-0.2, 0) is 6.54 Å². The lowest BCUT2D eigenvalue weighted by Crippen LogP contribution is -2.23. The minimum Gasteiger partial charge on any atom is -0.489 e. The quantitative estimate of drug-likeness (QED) is 0.770. The predicted molar refractivity (Wildman–Crippen MR) is 98.6 cm³/mol. The first-order chi connectivity index (χ1) is 12.0. The van der Waals surface area contributed by atoms with Gasteiger partial charge in [-0.05, 0) is 39.5 Å². The Morgan fingerprint density at radius 3 is 2.88 bits per heavy atom. The molecule has 0 saturated carbocycles. The normalized spacial score (nSPS) is 13.6. The number of amides is 1. The molecule has 134 valence electrons. The SMILES string of the molecule is CC(C)c1[nH]nc(C(=O)NCc2cc(Cl)c3c(c2)OCCCO3)c1Br. The number of halogens is 2. The summed E-state index contributed by atoms with van der Waals surface area (Å²) in [5.74, 6) is 1.14. The molecule has 2 aromatic rings. The van der Waals surface area contributed by atoms with Crippen LogP contribution < -0.4 is 14.8 Å². The fourth-order valence-electron chi connectivity index (χ4n) is 2.53. The summed E-state index contributed by atoms with van der Waals surface area (Å²) in [5, 5.41) is 10.3. The highest BCUT2D eigenvalue weighted by molar-refractivity contribution is 9.10. The monoisotopic (exact) mass is 427 g/mol. The molecule has 0 atom stereocenters. The number of aromatic nitrogens is 2. The van der Waals surface area contributed by atoms with E-state index in [0.29, 0.717) is 46.4 Å². The highest BCUT2D eigenvalue weighted by atomic mass is 79.9. The first-order valence-corrected chi connectivity index (χ1v) is 9.24. The second-order valence-electron chi connectivity index (χ2n) is 6.09. The van der Waals surface area contributed by atoms with Crippen molar-refractivity contribution in [3.63, 3.8) is 0 Å². The number of aromatic amines is 1. The zero-order valence-electron chi connectivity index (χ0n) is 14.0. The number of carbonyl (C=O) groups is 1. The van der Waals surface area contributed by atoms with Gasteiger partial charge in [-0.15, -0.1) is 0 Å². The summed E-state index contributed by atoms with van der Waals surface area (Å²) in [5.41, 5.74) is 2.06. The van der Waals surface area contributed by atoms with Crippen LogP contribution in [0.1, 0.15) is 47.9 Å². The van der Waals surface area contributed by atoms with Gasteiger partial charge in [0, 0.05) is 13.0 Å². The topological polar surface area (TPSA) is 76.2 Å². The highest BCUT2D eigenvalue weighted by Gasteiger charge is 2.20. The molecule has 2 heterocycles. The molecule has 0 aliphatic carbocycles. The number of carbonyl (C=O) groups excluding carboxylic acids is 1. The fraction of sp³-hybridized carbons (Fsp3) is 0.412. The zero-order valence-corrected chi connectivity index (χ0v) is 16.3. The predicted octanol–water partition coefficient (Wildman–Crippen LogP) is 4.04. The number of ether oxygens (including phenoxy) is 2. The number of hydrogen-bond donors (Lipinski definition) is 2. The lowest BCUT2D eigenvalue weighted by atomic mass is 10.1. The molecule has 0 bridgehead atoms. The van der Waals surface area contributed by atoms with E-state index >= 15 is 0 Å². The molecule has 0 fully saturated rings. The molecule has 1 aromatic heterocycles. The first-order valence-electron chi connectivity index (χ1n) is 8.07. The molecule has 1 aromatic carbocycles. The molecule has 0 unspecified atom stereocenters. The number of H-pyrrole nitrogens is 1. The van der Waals surface area contributed by atoms with Crippen LogP contribution in [0.5, 0.6) is 11.5 Å². The third kappa shape index (κ3) is 3.93. The van der Waals surface area contributed by atoms with E-state index in [9.17, 15) is 4.79 Å². The zero-order chi connectivity index (χ0) is 18.0. The van der Waals surface area contributed by atoms with Gasteiger partial charge in [-0.25, -0.2) is 0 Å². The fourth-order valence-corrected chi connectivity index (χ4v) is 3.63. The van der Waals surface area contributed by atoms with Gasteiger partial charge >= 0.3 is 0 Å². The van der Waals surface area contributed by atoms with Crippen molar-refractivity contribution in [2.45, 2.75) is 32.7 Å². The highest BCUT2D eigenvalue weighted by Crippen LogP contribution is 2.38. The van der Waals surface area contributed by atoms with Gasteiger partial charge in [-0.3, -0.25) is 9.89 Å². The lowest BCUT2D eigenvalue weighted by molar-refractivity contribution is 0.0945. The summed E-state index contributed by atoms with van der Waals surface area (Å²) >= 11 is 9.71. The van der Waals surface area contributed by atoms with Gasteiger partial charge in [0.1, 0.15) is 0 Å². The Morgan fingerprint density at radius 2 is 2.16 bits per heavy atom. The smallest absolute Gasteiger partial charge is 0.273 e. The molecule has 8 heteroatoms. The van der Waals surface area contributed by atoms with Crippen molar-refractivity contribution in [1.29, 1.82) is 0 Å². The third-order valence-corrected chi connectivity index (χ3v) is 4.92. The maximum atomic E-state index is 12.4. The van der Waals surface area contributed by atoms with Crippen molar-refractivity contribution in [2.24, 2.45) is 0 Å². The minimum absolute atomic E-state index is 0.240. The van der Waals surface area contributed by atoms with E-state index in [4.69, 9.17) is 21.1 Å². The van der Waals surface area contributed by atoms with Crippen LogP contribution in [-0.4, -0.2) is 29.3 Å². The third-order valence-electron chi connectivity index (χ3n) is 3.84. The van der Waals surface area contributed by atoms with E-state index in [2.05, 4.69) is 31.4 Å². The van der Waals surface area contributed by atoms with Crippen molar-refractivity contribution in [3.8, 4) is 11.5 Å². The van der Waals surface area contributed by atoms with Gasteiger partial charge in [0.2, 0.25) is 0 Å². The number of nitrogens with one attached hydrogen (secondary N) is 2. The Labute approximate surface area is 159 Å². The molecule has 1 amide bonds. The Hall–Kier alpha value is -1.73. The summed E-state index contributed by atoms with van der Waals surface area (Å²) in [6.45, 7) is 5.52. The van der Waals surface area contributed by atoms with E-state index in [1.807, 2.05) is 19.9 Å². The van der Waals surface area contributed by atoms with Crippen molar-refractivity contribution in [2.75, 3.05) is 13.2 Å². The Bertz CT molecular complexity index is 792. The van der Waals surface area contributed by atoms with Crippen LogP contribution in [0, 0.1) is 0 Å². The Morgan fingerprint density at radius 1 is 1.40 bits per heavy atom. The van der Waals surface area contributed by atoms with Gasteiger partial charge in [-0.1, -0.05) is 25.4 Å². The molecule has 3 rings (SSSR count). The molecule has 1 aliphatic heterocycles. The molecular formula is C17H19BrClN3O3. The van der Waals surface area contributed by atoms with E-state index in [1.54, 1.807) is 6.07 Å². The molecule has 1 aliphatic rings. The average Bonchev–Trinajstić information content (AvgIpc) is 2.79. The lowest BCUT2D eigenvalue weighted by Gasteiger charge is -2.12. The molecule has 0 saturated heterocycles. The van der Waals surface area contributed by atoms with Crippen LogP contribution in [0.4, 0.5) is 0 Å². The first kappa shape index (κ1) is 18.1. The van der Waals surface area contributed by atoms with Crippen molar-refractivity contribution < 1.29 is 14.3 Å². The number of rotatable bonds is 4. The van der Waals surface area contributed by atoms with Gasteiger partial charge in [-0.2, -0.15) is 5.10 Å². The number of nitrogens with zero attached hydrogens (tertiary/aromatic N) is 1. The number of benzene rings is 1. The van der Waals surface area contributed by atoms with Crippen molar-refractivity contribution >= 4 is 33.4 Å². The summed E-state index contributed by atoms with van der Waals surface area (Å²) in [4.78, 5) is 12.4. The van der Waals surface area contributed by atoms with E-state index in [0.717, 1.165) is 17.7 Å². The Balaban J connectivity index is 1.72. The number of hydrogen-bond acceptors (Lipinski definition) is 4. The second kappa shape index (κ2) is 7.66. The van der Waals surface area contributed by atoms with Crippen LogP contribution in [0.15, 0.2) is 16.6 Å². The maximum Gasteiger partial charge on any atom is 0.273 e. The second-order valence-corrected chi connectivity index (χ2v) is 7.29. The summed E-state index contributed by atoms with van der Waals surface area (Å²) in [6.07, 6.45) is 0.808. The standard InChI is InChI=1S/C17H19BrClN3O3/c1-9(2)14-13(18)15(22-21-14)17(23)20-8-10-6-11(19)16-12(7-10)24-4-3-5-25-16/h6-7,9H,3-5,8H2,1-2H3,(H,20,23)(H,21,22). The van der Waals surface area contributed by atoms with Crippen LogP contribution in [0.25, 0.3) is 0 Å². The van der Waals surface area contributed by atoms with E-state index in [1.165, 1.54) is 0 Å². The van der Waals surface area contributed by atoms with Gasteiger partial charge < -0.3 is 14.8 Å². The molecular weight excluding hydrogens is 410 g/mol. The van der Waals surface area contributed by atoms with Crippen molar-refractivity contribution in [3.05, 3.63) is 38.6 Å². The molecule has 25 heavy (non-hydrogen) atoms. The number of fused-ring (bicyclic) bond motifs is 1. The van der Waals surface area contributed by atoms with E-state index in [-0.39, 0.29) is 11.8 Å². The van der Waals surface area contributed by atoms with E-state index < -0.39 is 0 Å². The van der Waals surface area contributed by atoms with Gasteiger partial charge in [0.25, 0.3) is 5.91 Å². The summed E-state index contributed by atoms with van der Waals surface area (Å²) in [7, 11) is 0. The summed E-state index contributed by atoms with van der Waals surface area (Å²) in [6, 6.07) is 3.61.